The predicted octanol–water partition coefficient (Wildman–Crippen LogP) is 1.51. The summed E-state index contributed by atoms with van der Waals surface area (Å²) in [4.78, 5) is 26.9. The van der Waals surface area contributed by atoms with E-state index in [1.54, 1.807) is 22.4 Å². The van der Waals surface area contributed by atoms with E-state index in [0.29, 0.717) is 25.7 Å². The van der Waals surface area contributed by atoms with Gasteiger partial charge >= 0.3 is 5.97 Å². The van der Waals surface area contributed by atoms with E-state index in [1.165, 1.54) is 4.31 Å². The third-order valence-electron chi connectivity index (χ3n) is 6.17. The van der Waals surface area contributed by atoms with Gasteiger partial charge in [0.25, 0.3) is 15.9 Å². The molecule has 180 valence electrons. The Kier molecular flexibility index (Phi) is 8.00. The molecule has 2 fully saturated rings. The Labute approximate surface area is 193 Å². The fourth-order valence-electron chi connectivity index (χ4n) is 4.20. The quantitative estimate of drug-likeness (QED) is 0.490. The molecule has 3 rings (SSSR count). The van der Waals surface area contributed by atoms with Gasteiger partial charge in [-0.3, -0.25) is 9.59 Å². The molecule has 1 amide bonds. The Morgan fingerprint density at radius 1 is 1.28 bits per heavy atom. The fraction of sp³-hybridized carbons (Fsp3) is 0.700. The van der Waals surface area contributed by atoms with Gasteiger partial charge in [-0.1, -0.05) is 13.0 Å². The zero-order valence-corrected chi connectivity index (χ0v) is 20.8. The largest absolute Gasteiger partial charge is 0.455 e. The normalized spacial score (nSPS) is 23.0. The lowest BCUT2D eigenvalue weighted by molar-refractivity contribution is -0.158. The number of sulfone groups is 1. The van der Waals surface area contributed by atoms with Gasteiger partial charge < -0.3 is 9.64 Å². The number of hydrogen-bond acceptors (Lipinski definition) is 8. The summed E-state index contributed by atoms with van der Waals surface area (Å²) in [7, 11) is -6.70. The van der Waals surface area contributed by atoms with Crippen molar-refractivity contribution in [3.8, 4) is 0 Å². The molecule has 2 saturated heterocycles. The van der Waals surface area contributed by atoms with Crippen molar-refractivity contribution < 1.29 is 31.2 Å². The average molecular weight is 507 g/mol. The Morgan fingerprint density at radius 2 is 1.97 bits per heavy atom. The number of carbonyl (C=O) groups excluding carboxylic acids is 2. The smallest absolute Gasteiger partial charge is 0.309 e. The number of rotatable bonds is 8. The van der Waals surface area contributed by atoms with Crippen molar-refractivity contribution in [2.45, 2.75) is 55.8 Å². The van der Waals surface area contributed by atoms with Crippen LogP contribution in [-0.2, 0) is 34.2 Å². The van der Waals surface area contributed by atoms with Crippen LogP contribution in [0.1, 0.15) is 39.5 Å². The summed E-state index contributed by atoms with van der Waals surface area (Å²) < 4.78 is 55.9. The molecule has 2 aliphatic heterocycles. The number of ether oxygens (including phenoxy) is 1. The minimum absolute atomic E-state index is 0.0601. The van der Waals surface area contributed by atoms with Gasteiger partial charge in [-0.25, -0.2) is 16.8 Å². The average Bonchev–Trinajstić information content (AvgIpc) is 3.42. The summed E-state index contributed by atoms with van der Waals surface area (Å²) >= 11 is 1.16. The molecule has 0 N–H and O–H groups in total. The maximum Gasteiger partial charge on any atom is 0.309 e. The van der Waals surface area contributed by atoms with Gasteiger partial charge in [0.1, 0.15) is 4.21 Å². The number of esters is 1. The predicted molar refractivity (Wildman–Crippen MR) is 120 cm³/mol. The molecule has 3 heterocycles. The second-order valence-corrected chi connectivity index (χ2v) is 13.7. The summed E-state index contributed by atoms with van der Waals surface area (Å²) in [5.41, 5.74) is 0. The fourth-order valence-corrected chi connectivity index (χ4v) is 8.52. The van der Waals surface area contributed by atoms with Crippen molar-refractivity contribution in [1.82, 2.24) is 9.21 Å². The molecule has 0 radical (unpaired) electrons. The minimum atomic E-state index is -3.55. The number of hydrogen-bond donors (Lipinski definition) is 0. The van der Waals surface area contributed by atoms with E-state index >= 15 is 0 Å². The minimum Gasteiger partial charge on any atom is -0.455 e. The Bertz CT molecular complexity index is 1010. The van der Waals surface area contributed by atoms with Gasteiger partial charge in [0.15, 0.2) is 16.4 Å². The zero-order chi connectivity index (χ0) is 23.5. The maximum absolute atomic E-state index is 12.8. The van der Waals surface area contributed by atoms with Crippen LogP contribution in [0.25, 0.3) is 0 Å². The van der Waals surface area contributed by atoms with Crippen molar-refractivity contribution in [2.75, 3.05) is 31.2 Å². The standard InChI is InChI=1S/C20H30N2O7S3/c1-3-15(2)22(17-8-12-31(25,26)14-17)18(23)13-29-20(24)16-6-9-21(10-7-16)32(27,28)19-5-4-11-30-19/h4-5,11,15-17H,3,6-10,12-14H2,1-2H3. The molecule has 0 aliphatic carbocycles. The molecule has 1 aromatic heterocycles. The van der Waals surface area contributed by atoms with E-state index in [1.807, 2.05) is 13.8 Å². The number of carbonyl (C=O) groups is 2. The molecule has 9 nitrogen and oxygen atoms in total. The zero-order valence-electron chi connectivity index (χ0n) is 18.3. The molecule has 1 aromatic rings. The van der Waals surface area contributed by atoms with Crippen LogP contribution < -0.4 is 0 Å². The van der Waals surface area contributed by atoms with Crippen molar-refractivity contribution in [3.63, 3.8) is 0 Å². The van der Waals surface area contributed by atoms with Crippen molar-refractivity contribution >= 4 is 43.1 Å². The highest BCUT2D eigenvalue weighted by Crippen LogP contribution is 2.27. The SMILES string of the molecule is CCC(C)N(C(=O)COC(=O)C1CCN(S(=O)(=O)c2cccs2)CC1)C1CCS(=O)(=O)C1. The van der Waals surface area contributed by atoms with E-state index in [9.17, 15) is 26.4 Å². The highest BCUT2D eigenvalue weighted by molar-refractivity contribution is 7.91. The van der Waals surface area contributed by atoms with Crippen molar-refractivity contribution in [3.05, 3.63) is 17.5 Å². The topological polar surface area (TPSA) is 118 Å². The first-order valence-electron chi connectivity index (χ1n) is 10.8. The molecular weight excluding hydrogens is 476 g/mol. The highest BCUT2D eigenvalue weighted by Gasteiger charge is 2.38. The Hall–Kier alpha value is -1.50. The number of sulfonamides is 1. The van der Waals surface area contributed by atoms with E-state index in [2.05, 4.69) is 0 Å². The molecule has 2 unspecified atom stereocenters. The summed E-state index contributed by atoms with van der Waals surface area (Å²) in [6.45, 7) is 3.76. The number of piperidine rings is 1. The van der Waals surface area contributed by atoms with E-state index in [-0.39, 0.29) is 34.8 Å². The van der Waals surface area contributed by atoms with E-state index in [0.717, 1.165) is 11.3 Å². The van der Waals surface area contributed by atoms with Crippen LogP contribution in [0.3, 0.4) is 0 Å². The first-order valence-corrected chi connectivity index (χ1v) is 14.9. The number of thiophene rings is 1. The third-order valence-corrected chi connectivity index (χ3v) is 11.2. The van der Waals surface area contributed by atoms with Gasteiger partial charge in [0.2, 0.25) is 0 Å². The monoisotopic (exact) mass is 506 g/mol. The molecule has 2 aliphatic rings. The van der Waals surface area contributed by atoms with Crippen LogP contribution in [0.5, 0.6) is 0 Å². The molecule has 2 atom stereocenters. The van der Waals surface area contributed by atoms with Gasteiger partial charge in [-0.15, -0.1) is 11.3 Å². The molecule has 32 heavy (non-hydrogen) atoms. The molecule has 0 bridgehead atoms. The van der Waals surface area contributed by atoms with Crippen LogP contribution >= 0.6 is 11.3 Å². The third kappa shape index (κ3) is 5.70. The summed E-state index contributed by atoms with van der Waals surface area (Å²) in [6.07, 6.45) is 1.71. The number of amides is 1. The molecule has 0 saturated carbocycles. The van der Waals surface area contributed by atoms with E-state index in [4.69, 9.17) is 4.74 Å². The lowest BCUT2D eigenvalue weighted by Crippen LogP contribution is -2.48. The first-order chi connectivity index (χ1) is 15.0. The Morgan fingerprint density at radius 3 is 2.50 bits per heavy atom. The first kappa shape index (κ1) is 25.1. The lowest BCUT2D eigenvalue weighted by atomic mass is 9.98. The summed E-state index contributed by atoms with van der Waals surface area (Å²) in [5.74, 6) is -1.39. The van der Waals surface area contributed by atoms with Gasteiger partial charge in [0, 0.05) is 25.2 Å². The second kappa shape index (κ2) is 10.2. The van der Waals surface area contributed by atoms with Crippen LogP contribution in [0.2, 0.25) is 0 Å². The molecule has 12 heteroatoms. The molecule has 0 aromatic carbocycles. The summed E-state index contributed by atoms with van der Waals surface area (Å²) in [5, 5.41) is 1.71. The maximum atomic E-state index is 12.8. The lowest BCUT2D eigenvalue weighted by Gasteiger charge is -2.34. The van der Waals surface area contributed by atoms with Crippen LogP contribution in [0.15, 0.2) is 21.7 Å². The highest BCUT2D eigenvalue weighted by atomic mass is 32.2. The van der Waals surface area contributed by atoms with Crippen LogP contribution in [0.4, 0.5) is 0 Å². The Balaban J connectivity index is 1.53. The van der Waals surface area contributed by atoms with Crippen molar-refractivity contribution in [2.24, 2.45) is 5.92 Å². The second-order valence-electron chi connectivity index (χ2n) is 8.33. The van der Waals surface area contributed by atoms with Crippen molar-refractivity contribution in [1.29, 1.82) is 0 Å². The number of nitrogens with zero attached hydrogens (tertiary/aromatic N) is 2. The molecular formula is C20H30N2O7S3. The van der Waals surface area contributed by atoms with Crippen LogP contribution in [-0.4, -0.2) is 81.2 Å². The van der Waals surface area contributed by atoms with E-state index < -0.39 is 50.3 Å². The van der Waals surface area contributed by atoms with Gasteiger partial charge in [-0.2, -0.15) is 4.31 Å². The summed E-state index contributed by atoms with van der Waals surface area (Å²) in [6, 6.07) is 2.68. The van der Waals surface area contributed by atoms with Gasteiger partial charge in [-0.05, 0) is 44.1 Å². The van der Waals surface area contributed by atoms with Crippen LogP contribution in [0, 0.1) is 5.92 Å². The van der Waals surface area contributed by atoms with Gasteiger partial charge in [0.05, 0.1) is 17.4 Å². The molecule has 0 spiro atoms.